The zero-order valence-corrected chi connectivity index (χ0v) is 18.3. The summed E-state index contributed by atoms with van der Waals surface area (Å²) in [6.45, 7) is 5.85. The van der Waals surface area contributed by atoms with Crippen LogP contribution in [0.25, 0.3) is 0 Å². The van der Waals surface area contributed by atoms with Crippen LogP contribution in [0.2, 0.25) is 5.02 Å². The Morgan fingerprint density at radius 1 is 1.10 bits per heavy atom. The maximum Gasteiger partial charge on any atom is 0.397 e. The Morgan fingerprint density at radius 2 is 1.77 bits per heavy atom. The number of hydrogen-bond donors (Lipinski definition) is 0. The van der Waals surface area contributed by atoms with E-state index < -0.39 is 11.6 Å². The lowest BCUT2D eigenvalue weighted by molar-refractivity contribution is -0.199. The second kappa shape index (κ2) is 8.51. The van der Waals surface area contributed by atoms with Crippen LogP contribution in [-0.2, 0) is 0 Å². The van der Waals surface area contributed by atoms with Crippen LogP contribution in [0.1, 0.15) is 30.1 Å². The Bertz CT molecular complexity index is 875. The predicted octanol–water partition coefficient (Wildman–Crippen LogP) is 4.58. The van der Waals surface area contributed by atoms with Gasteiger partial charge in [0, 0.05) is 61.6 Å². The largest absolute Gasteiger partial charge is 0.397 e. The average Bonchev–Trinajstić information content (AvgIpc) is 3.24. The first-order valence-electron chi connectivity index (χ1n) is 10.7. The summed E-state index contributed by atoms with van der Waals surface area (Å²) in [4.78, 5) is 19.1. The minimum atomic E-state index is -4.23. The highest BCUT2D eigenvalue weighted by molar-refractivity contribution is 6.30. The molecule has 2 saturated heterocycles. The molecule has 0 saturated carbocycles. The second-order valence-corrected chi connectivity index (χ2v) is 9.24. The first kappa shape index (κ1) is 22.2. The van der Waals surface area contributed by atoms with Crippen molar-refractivity contribution < 1.29 is 18.0 Å². The zero-order valence-electron chi connectivity index (χ0n) is 17.5. The third-order valence-corrected chi connectivity index (χ3v) is 6.99. The molecule has 0 N–H and O–H groups in total. The molecule has 2 aliphatic heterocycles. The molecule has 0 bridgehead atoms. The van der Waals surface area contributed by atoms with Crippen LogP contribution in [0.5, 0.6) is 0 Å². The minimum Gasteiger partial charge on any atom is -0.370 e. The number of carbonyl (C=O) groups is 1. The third kappa shape index (κ3) is 4.62. The molecule has 4 nitrogen and oxygen atoms in total. The molecule has 0 aromatic heterocycles. The molecule has 0 spiro atoms. The van der Waals surface area contributed by atoms with E-state index in [4.69, 9.17) is 11.6 Å². The average molecular weight is 454 g/mol. The van der Waals surface area contributed by atoms with Gasteiger partial charge in [-0.15, -0.1) is 0 Å². The summed E-state index contributed by atoms with van der Waals surface area (Å²) in [6, 6.07) is 7.31. The Morgan fingerprint density at radius 3 is 2.35 bits per heavy atom. The number of halogens is 4. The molecule has 4 rings (SSSR count). The summed E-state index contributed by atoms with van der Waals surface area (Å²) < 4.78 is 39.6. The summed E-state index contributed by atoms with van der Waals surface area (Å²) in [5, 5.41) is 0.609. The van der Waals surface area contributed by atoms with Gasteiger partial charge in [-0.25, -0.2) is 0 Å². The normalized spacial score (nSPS) is 27.5. The van der Waals surface area contributed by atoms with E-state index in [1.165, 1.54) is 13.0 Å². The summed E-state index contributed by atoms with van der Waals surface area (Å²) in [7, 11) is 0. The van der Waals surface area contributed by atoms with Gasteiger partial charge in [0.15, 0.2) is 0 Å². The molecule has 2 heterocycles. The molecule has 1 amide bonds. The fourth-order valence-electron chi connectivity index (χ4n) is 4.51. The van der Waals surface area contributed by atoms with Crippen molar-refractivity contribution in [3.63, 3.8) is 0 Å². The van der Waals surface area contributed by atoms with Crippen LogP contribution in [0.3, 0.4) is 0 Å². The van der Waals surface area contributed by atoms with Crippen LogP contribution in [0, 0.1) is 5.41 Å². The molecule has 3 aliphatic rings. The fraction of sp³-hybridized carbons (Fsp3) is 0.522. The Balaban J connectivity index is 1.29. The maximum absolute atomic E-state index is 13.2. The molecule has 0 radical (unpaired) electrons. The topological polar surface area (TPSA) is 26.8 Å². The van der Waals surface area contributed by atoms with Crippen molar-refractivity contribution in [3.05, 3.63) is 58.8 Å². The Hall–Kier alpha value is -1.99. The van der Waals surface area contributed by atoms with E-state index in [2.05, 4.69) is 9.80 Å². The molecular weight excluding hydrogens is 427 g/mol. The van der Waals surface area contributed by atoms with Crippen molar-refractivity contribution in [2.45, 2.75) is 32.0 Å². The van der Waals surface area contributed by atoms with Crippen molar-refractivity contribution in [1.29, 1.82) is 0 Å². The van der Waals surface area contributed by atoms with Crippen LogP contribution in [0.4, 0.5) is 13.2 Å². The molecule has 1 aromatic carbocycles. The fourth-order valence-corrected chi connectivity index (χ4v) is 4.63. The highest BCUT2D eigenvalue weighted by atomic mass is 35.5. The van der Waals surface area contributed by atoms with Crippen molar-refractivity contribution in [1.82, 2.24) is 14.7 Å². The van der Waals surface area contributed by atoms with Gasteiger partial charge < -0.3 is 9.80 Å². The number of hydrogen-bond acceptors (Lipinski definition) is 3. The van der Waals surface area contributed by atoms with E-state index in [1.54, 1.807) is 36.4 Å². The number of benzene rings is 1. The molecular formula is C23H27ClF3N3O. The molecule has 1 aliphatic carbocycles. The van der Waals surface area contributed by atoms with E-state index in [9.17, 15) is 18.0 Å². The van der Waals surface area contributed by atoms with Gasteiger partial charge >= 0.3 is 6.18 Å². The highest BCUT2D eigenvalue weighted by Gasteiger charge is 2.49. The monoisotopic (exact) mass is 453 g/mol. The minimum absolute atomic E-state index is 0.0189. The lowest BCUT2D eigenvalue weighted by Gasteiger charge is -2.38. The first-order chi connectivity index (χ1) is 14.7. The van der Waals surface area contributed by atoms with Gasteiger partial charge in [0.1, 0.15) is 0 Å². The third-order valence-electron chi connectivity index (χ3n) is 6.74. The zero-order chi connectivity index (χ0) is 22.2. The predicted molar refractivity (Wildman–Crippen MR) is 115 cm³/mol. The van der Waals surface area contributed by atoms with Crippen molar-refractivity contribution in [2.75, 3.05) is 39.3 Å². The molecule has 2 atom stereocenters. The molecule has 2 unspecified atom stereocenters. The first-order valence-corrected chi connectivity index (χ1v) is 11.0. The van der Waals surface area contributed by atoms with Crippen molar-refractivity contribution >= 4 is 17.5 Å². The van der Waals surface area contributed by atoms with Crippen molar-refractivity contribution in [2.24, 2.45) is 5.41 Å². The summed E-state index contributed by atoms with van der Waals surface area (Å²) in [6.07, 6.45) is 1.38. The van der Waals surface area contributed by atoms with Crippen LogP contribution >= 0.6 is 11.6 Å². The smallest absolute Gasteiger partial charge is 0.370 e. The van der Waals surface area contributed by atoms with Crippen LogP contribution in [-0.4, -0.2) is 72.1 Å². The van der Waals surface area contributed by atoms with Crippen molar-refractivity contribution in [3.8, 4) is 0 Å². The maximum atomic E-state index is 13.2. The van der Waals surface area contributed by atoms with E-state index in [0.717, 1.165) is 38.3 Å². The van der Waals surface area contributed by atoms with Gasteiger partial charge in [-0.3, -0.25) is 9.69 Å². The number of carbonyl (C=O) groups excluding carboxylic acids is 1. The van der Waals surface area contributed by atoms with Crippen LogP contribution in [0.15, 0.2) is 48.2 Å². The molecule has 1 aromatic rings. The van der Waals surface area contributed by atoms with Gasteiger partial charge in [0.2, 0.25) is 0 Å². The Kier molecular flexibility index (Phi) is 6.10. The number of likely N-dealkylation sites (tertiary alicyclic amines) is 1. The summed E-state index contributed by atoms with van der Waals surface area (Å²) in [5.74, 6) is 0.0228. The molecule has 168 valence electrons. The number of piperazine rings is 1. The number of alkyl halides is 3. The second-order valence-electron chi connectivity index (χ2n) is 8.81. The quantitative estimate of drug-likeness (QED) is 0.670. The number of rotatable bonds is 3. The highest BCUT2D eigenvalue weighted by Crippen LogP contribution is 2.45. The standard InChI is InChI=1S/C23H27ClF3N3O/c1-22(23(25,26)27)9-6-19(7-10-22)30-11-8-20(16-30)28-12-14-29(15-13-28)21(31)17-2-4-18(24)5-3-17/h2-7,9,20H,8,10-16H2,1H3. The van der Waals surface area contributed by atoms with Crippen LogP contribution < -0.4 is 0 Å². The Labute approximate surface area is 185 Å². The summed E-state index contributed by atoms with van der Waals surface area (Å²) in [5.41, 5.74) is -0.240. The SMILES string of the molecule is CC1(C(F)(F)F)C=CC(N2CCC(N3CCN(C(=O)c4ccc(Cl)cc4)CC3)C2)=CC1. The molecule has 8 heteroatoms. The number of nitrogens with zero attached hydrogens (tertiary/aromatic N) is 3. The van der Waals surface area contributed by atoms with Gasteiger partial charge in [0.05, 0.1) is 5.41 Å². The lowest BCUT2D eigenvalue weighted by atomic mass is 9.82. The van der Waals surface area contributed by atoms with E-state index in [0.29, 0.717) is 29.7 Å². The lowest BCUT2D eigenvalue weighted by Crippen LogP contribution is -2.52. The van der Waals surface area contributed by atoms with E-state index in [-0.39, 0.29) is 12.3 Å². The number of allylic oxidation sites excluding steroid dienone is 3. The number of amides is 1. The summed E-state index contributed by atoms with van der Waals surface area (Å²) >= 11 is 5.90. The van der Waals surface area contributed by atoms with E-state index >= 15 is 0 Å². The van der Waals surface area contributed by atoms with E-state index in [1.807, 2.05) is 4.90 Å². The van der Waals surface area contributed by atoms with Gasteiger partial charge in [-0.2, -0.15) is 13.2 Å². The van der Waals surface area contributed by atoms with Gasteiger partial charge in [0.25, 0.3) is 5.91 Å². The molecule has 31 heavy (non-hydrogen) atoms. The molecule has 2 fully saturated rings. The van der Waals surface area contributed by atoms with Gasteiger partial charge in [-0.1, -0.05) is 23.8 Å². The van der Waals surface area contributed by atoms with Gasteiger partial charge in [-0.05, 0) is 50.1 Å².